The molecule has 7 nitrogen and oxygen atoms in total. The Bertz CT molecular complexity index is 1070. The van der Waals surface area contributed by atoms with Crippen molar-refractivity contribution in [2.24, 2.45) is 0 Å². The van der Waals surface area contributed by atoms with E-state index in [9.17, 15) is 9.59 Å². The predicted molar refractivity (Wildman–Crippen MR) is 127 cm³/mol. The molecule has 3 N–H and O–H groups in total. The molecule has 2 aliphatic rings. The third-order valence-corrected chi connectivity index (χ3v) is 6.90. The van der Waals surface area contributed by atoms with E-state index in [0.717, 1.165) is 29.7 Å². The van der Waals surface area contributed by atoms with Gasteiger partial charge in [-0.15, -0.1) is 0 Å². The molecule has 0 aromatic heterocycles. The molecule has 1 fully saturated rings. The van der Waals surface area contributed by atoms with Crippen LogP contribution < -0.4 is 15.4 Å². The van der Waals surface area contributed by atoms with Gasteiger partial charge in [-0.25, -0.2) is 0 Å². The highest BCUT2D eigenvalue weighted by atomic mass is 16.5. The van der Waals surface area contributed by atoms with Gasteiger partial charge in [0.15, 0.2) is 5.96 Å². The lowest BCUT2D eigenvalue weighted by atomic mass is 9.87. The zero-order valence-corrected chi connectivity index (χ0v) is 19.7. The molecule has 0 bridgehead atoms. The van der Waals surface area contributed by atoms with Gasteiger partial charge in [-0.1, -0.05) is 44.2 Å². The van der Waals surface area contributed by atoms with Crippen molar-refractivity contribution in [3.8, 4) is 5.75 Å². The van der Waals surface area contributed by atoms with Crippen LogP contribution in [0.4, 0.5) is 0 Å². The van der Waals surface area contributed by atoms with Gasteiger partial charge in [0, 0.05) is 16.7 Å². The Kier molecular flexibility index (Phi) is 5.91. The van der Waals surface area contributed by atoms with Crippen LogP contribution in [0.1, 0.15) is 74.5 Å². The molecule has 1 saturated heterocycles. The number of nitrogens with one attached hydrogen (secondary N) is 3. The molecule has 0 saturated carbocycles. The zero-order valence-electron chi connectivity index (χ0n) is 19.7. The van der Waals surface area contributed by atoms with Gasteiger partial charge in [-0.3, -0.25) is 19.9 Å². The van der Waals surface area contributed by atoms with Crippen LogP contribution in [0.5, 0.6) is 5.75 Å². The van der Waals surface area contributed by atoms with Gasteiger partial charge in [-0.2, -0.15) is 0 Å². The average Bonchev–Trinajstić information content (AvgIpc) is 3.05. The fraction of sp³-hybridized carbons (Fsp3) is 0.423. The fourth-order valence-electron chi connectivity index (χ4n) is 4.70. The molecular formula is C26H32N4O3. The smallest absolute Gasteiger partial charge is 0.251 e. The number of benzene rings is 2. The minimum absolute atomic E-state index is 0.0706. The Balaban J connectivity index is 1.49. The van der Waals surface area contributed by atoms with Crippen molar-refractivity contribution in [1.82, 2.24) is 15.5 Å². The lowest BCUT2D eigenvalue weighted by Gasteiger charge is -2.42. The number of rotatable bonds is 6. The van der Waals surface area contributed by atoms with Crippen LogP contribution >= 0.6 is 0 Å². The molecular weight excluding hydrogens is 416 g/mol. The summed E-state index contributed by atoms with van der Waals surface area (Å²) in [6.07, 6.45) is 1.93. The largest absolute Gasteiger partial charge is 0.485 e. The van der Waals surface area contributed by atoms with E-state index in [1.54, 1.807) is 12.1 Å². The molecule has 174 valence electrons. The molecule has 0 aliphatic carbocycles. The lowest BCUT2D eigenvalue weighted by molar-refractivity contribution is -0.131. The van der Waals surface area contributed by atoms with Crippen molar-refractivity contribution in [2.45, 2.75) is 70.7 Å². The Hall–Kier alpha value is -3.35. The van der Waals surface area contributed by atoms with E-state index in [1.165, 1.54) is 4.90 Å². The van der Waals surface area contributed by atoms with Gasteiger partial charge in [0.1, 0.15) is 11.4 Å². The average molecular weight is 449 g/mol. The van der Waals surface area contributed by atoms with Gasteiger partial charge in [0.2, 0.25) is 5.91 Å². The molecule has 2 aromatic carbocycles. The van der Waals surface area contributed by atoms with Crippen LogP contribution in [0.25, 0.3) is 0 Å². The molecule has 2 aromatic rings. The molecule has 4 rings (SSSR count). The van der Waals surface area contributed by atoms with Gasteiger partial charge in [0.25, 0.3) is 5.91 Å². The van der Waals surface area contributed by atoms with Crippen molar-refractivity contribution in [2.75, 3.05) is 0 Å². The number of nitrogens with zero attached hydrogens (tertiary/aromatic N) is 1. The van der Waals surface area contributed by atoms with E-state index in [-0.39, 0.29) is 35.9 Å². The van der Waals surface area contributed by atoms with E-state index < -0.39 is 5.60 Å². The third kappa shape index (κ3) is 4.32. The van der Waals surface area contributed by atoms with Crippen molar-refractivity contribution < 1.29 is 14.3 Å². The second-order valence-corrected chi connectivity index (χ2v) is 9.47. The highest BCUT2D eigenvalue weighted by Gasteiger charge is 2.42. The number of hydrogen-bond donors (Lipinski definition) is 3. The first kappa shape index (κ1) is 22.8. The van der Waals surface area contributed by atoms with E-state index in [1.807, 2.05) is 64.1 Å². The standard InChI is InChI=1S/C26H32N4O3/c1-5-26(6-2)15-21(31)30(24(27)29-26)16-17-10-9-11-18(14-17)23(32)28-22-19-12-7-8-13-20(19)33-25(22,3)4/h7-14,22H,5-6,15-16H2,1-4H3,(H2,27,29)(H,28,32). The summed E-state index contributed by atoms with van der Waals surface area (Å²) in [5.74, 6) is 0.626. The number of hydrogen-bond acceptors (Lipinski definition) is 4. The van der Waals surface area contributed by atoms with Gasteiger partial charge in [-0.05, 0) is 50.5 Å². The first-order chi connectivity index (χ1) is 15.7. The summed E-state index contributed by atoms with van der Waals surface area (Å²) in [5, 5.41) is 14.7. The molecule has 7 heteroatoms. The minimum atomic E-state index is -0.566. The Morgan fingerprint density at radius 1 is 1.18 bits per heavy atom. The number of ether oxygens (including phenoxy) is 1. The van der Waals surface area contributed by atoms with Gasteiger partial charge in [0.05, 0.1) is 19.0 Å². The highest BCUT2D eigenvalue weighted by Crippen LogP contribution is 2.42. The van der Waals surface area contributed by atoms with E-state index in [4.69, 9.17) is 10.1 Å². The van der Waals surface area contributed by atoms with E-state index in [2.05, 4.69) is 10.6 Å². The van der Waals surface area contributed by atoms with Crippen LogP contribution in [0.15, 0.2) is 48.5 Å². The first-order valence-corrected chi connectivity index (χ1v) is 11.5. The van der Waals surface area contributed by atoms with E-state index >= 15 is 0 Å². The number of carbonyl (C=O) groups is 2. The van der Waals surface area contributed by atoms with Crippen molar-refractivity contribution in [1.29, 1.82) is 5.41 Å². The maximum atomic E-state index is 13.1. The number of amides is 2. The number of para-hydroxylation sites is 1. The monoisotopic (exact) mass is 448 g/mol. The SMILES string of the molecule is CCC1(CC)CC(=O)N(Cc2cccc(C(=O)NC3c4ccccc4OC3(C)C)c2)C(=N)N1. The van der Waals surface area contributed by atoms with Crippen molar-refractivity contribution in [3.63, 3.8) is 0 Å². The Labute approximate surface area is 195 Å². The summed E-state index contributed by atoms with van der Waals surface area (Å²) in [6, 6.07) is 14.7. The summed E-state index contributed by atoms with van der Waals surface area (Å²) >= 11 is 0. The molecule has 2 heterocycles. The molecule has 2 amide bonds. The summed E-state index contributed by atoms with van der Waals surface area (Å²) in [7, 11) is 0. The fourth-order valence-corrected chi connectivity index (χ4v) is 4.70. The maximum absolute atomic E-state index is 13.1. The molecule has 0 spiro atoms. The molecule has 1 atom stereocenters. The third-order valence-electron chi connectivity index (χ3n) is 6.90. The topological polar surface area (TPSA) is 94.5 Å². The second kappa shape index (κ2) is 8.54. The second-order valence-electron chi connectivity index (χ2n) is 9.47. The highest BCUT2D eigenvalue weighted by molar-refractivity contribution is 5.99. The summed E-state index contributed by atoms with van der Waals surface area (Å²) in [5.41, 5.74) is 1.35. The normalized spacial score (nSPS) is 20.6. The van der Waals surface area contributed by atoms with Crippen molar-refractivity contribution in [3.05, 3.63) is 65.2 Å². The van der Waals surface area contributed by atoms with E-state index in [0.29, 0.717) is 12.0 Å². The van der Waals surface area contributed by atoms with Crippen LogP contribution in [0, 0.1) is 5.41 Å². The number of carbonyl (C=O) groups excluding carboxylic acids is 2. The first-order valence-electron chi connectivity index (χ1n) is 11.5. The van der Waals surface area contributed by atoms with Crippen LogP contribution in [-0.2, 0) is 11.3 Å². The summed E-state index contributed by atoms with van der Waals surface area (Å²) in [4.78, 5) is 27.4. The maximum Gasteiger partial charge on any atom is 0.251 e. The molecule has 1 unspecified atom stereocenters. The number of fused-ring (bicyclic) bond motifs is 1. The number of guanidine groups is 1. The molecule has 2 aliphatic heterocycles. The minimum Gasteiger partial charge on any atom is -0.485 e. The predicted octanol–water partition coefficient (Wildman–Crippen LogP) is 4.14. The van der Waals surface area contributed by atoms with Gasteiger partial charge < -0.3 is 15.4 Å². The van der Waals surface area contributed by atoms with Crippen LogP contribution in [0.3, 0.4) is 0 Å². The lowest BCUT2D eigenvalue weighted by Crippen LogP contribution is -2.61. The van der Waals surface area contributed by atoms with Crippen LogP contribution in [0.2, 0.25) is 0 Å². The zero-order chi connectivity index (χ0) is 23.8. The molecule has 0 radical (unpaired) electrons. The molecule has 33 heavy (non-hydrogen) atoms. The Morgan fingerprint density at radius 2 is 1.91 bits per heavy atom. The summed E-state index contributed by atoms with van der Waals surface area (Å²) < 4.78 is 6.04. The van der Waals surface area contributed by atoms with Crippen LogP contribution in [-0.4, -0.2) is 33.8 Å². The Morgan fingerprint density at radius 3 is 2.61 bits per heavy atom. The summed E-state index contributed by atoms with van der Waals surface area (Å²) in [6.45, 7) is 8.23. The van der Waals surface area contributed by atoms with Crippen molar-refractivity contribution >= 4 is 17.8 Å². The quantitative estimate of drug-likeness (QED) is 0.619. The van der Waals surface area contributed by atoms with Gasteiger partial charge >= 0.3 is 0 Å².